The number of carbonyl (C=O) groups is 2. The van der Waals surface area contributed by atoms with Crippen molar-refractivity contribution in [3.63, 3.8) is 0 Å². The van der Waals surface area contributed by atoms with Crippen LogP contribution in [0, 0.1) is 0 Å². The molecule has 0 atom stereocenters. The van der Waals surface area contributed by atoms with Crippen LogP contribution in [0.1, 0.15) is 20.7 Å². The molecule has 1 rings (SSSR count). The fraction of sp³-hybridized carbons (Fsp3) is 0. The van der Waals surface area contributed by atoms with E-state index < -0.39 is 11.8 Å². The smallest absolute Gasteiger partial charge is 0.252 e. The van der Waals surface area contributed by atoms with Gasteiger partial charge in [0.1, 0.15) is 5.75 Å². The van der Waals surface area contributed by atoms with Crippen molar-refractivity contribution in [2.45, 2.75) is 0 Å². The van der Waals surface area contributed by atoms with Crippen LogP contribution in [-0.4, -0.2) is 16.9 Å². The van der Waals surface area contributed by atoms with Crippen LogP contribution in [0.25, 0.3) is 0 Å². The molecular weight excluding hydrogens is 252 g/mol. The molecule has 1 aromatic rings. The second-order valence-electron chi connectivity index (χ2n) is 2.58. The van der Waals surface area contributed by atoms with E-state index in [9.17, 15) is 14.7 Å². The maximum absolute atomic E-state index is 10.8. The molecule has 0 spiro atoms. The van der Waals surface area contributed by atoms with Crippen molar-refractivity contribution in [2.24, 2.45) is 11.5 Å². The molecule has 0 unspecified atom stereocenters. The zero-order chi connectivity index (χ0) is 10.9. The molecular formula is C8H7BrN2O3. The number of hydrogen-bond acceptors (Lipinski definition) is 3. The Kier molecular flexibility index (Phi) is 2.76. The third-order valence-corrected chi connectivity index (χ3v) is 2.22. The van der Waals surface area contributed by atoms with Crippen molar-refractivity contribution in [2.75, 3.05) is 0 Å². The standard InChI is InChI=1S/C8H7BrN2O3/c9-5-2-3(7(10)13)1-4(6(5)12)8(11)14/h1-2,12H,(H2,10,13)(H2,11,14). The van der Waals surface area contributed by atoms with Gasteiger partial charge in [0.15, 0.2) is 0 Å². The lowest BCUT2D eigenvalue weighted by Crippen LogP contribution is -2.15. The molecule has 0 bridgehead atoms. The fourth-order valence-corrected chi connectivity index (χ4v) is 1.39. The van der Waals surface area contributed by atoms with Gasteiger partial charge in [0.05, 0.1) is 10.0 Å². The van der Waals surface area contributed by atoms with Gasteiger partial charge in [0.25, 0.3) is 5.91 Å². The second kappa shape index (κ2) is 3.67. The number of carbonyl (C=O) groups excluding carboxylic acids is 2. The van der Waals surface area contributed by atoms with Crippen LogP contribution in [0.2, 0.25) is 0 Å². The molecule has 0 heterocycles. The summed E-state index contributed by atoms with van der Waals surface area (Å²) in [5.74, 6) is -1.83. The van der Waals surface area contributed by atoms with Gasteiger partial charge in [0, 0.05) is 5.56 Å². The summed E-state index contributed by atoms with van der Waals surface area (Å²) in [4.78, 5) is 21.6. The summed E-state index contributed by atoms with van der Waals surface area (Å²) in [7, 11) is 0. The quantitative estimate of drug-likeness (QED) is 0.713. The first-order valence-corrected chi connectivity index (χ1v) is 4.35. The van der Waals surface area contributed by atoms with Crippen molar-refractivity contribution >= 4 is 27.7 Å². The number of amides is 2. The molecule has 5 nitrogen and oxygen atoms in total. The van der Waals surface area contributed by atoms with Crippen LogP contribution in [0.15, 0.2) is 16.6 Å². The second-order valence-corrected chi connectivity index (χ2v) is 3.44. The minimum Gasteiger partial charge on any atom is -0.506 e. The lowest BCUT2D eigenvalue weighted by molar-refractivity contribution is 0.0997. The van der Waals surface area contributed by atoms with Crippen molar-refractivity contribution in [1.82, 2.24) is 0 Å². The van der Waals surface area contributed by atoms with E-state index >= 15 is 0 Å². The van der Waals surface area contributed by atoms with E-state index in [1.54, 1.807) is 0 Å². The van der Waals surface area contributed by atoms with Crippen LogP contribution < -0.4 is 11.5 Å². The number of halogens is 1. The highest BCUT2D eigenvalue weighted by atomic mass is 79.9. The lowest BCUT2D eigenvalue weighted by atomic mass is 10.1. The number of aromatic hydroxyl groups is 1. The van der Waals surface area contributed by atoms with Crippen LogP contribution in [0.5, 0.6) is 5.75 Å². The Hall–Kier alpha value is -1.56. The molecule has 0 aromatic heterocycles. The Morgan fingerprint density at radius 1 is 1.21 bits per heavy atom. The van der Waals surface area contributed by atoms with E-state index in [4.69, 9.17) is 11.5 Å². The van der Waals surface area contributed by atoms with Gasteiger partial charge < -0.3 is 16.6 Å². The monoisotopic (exact) mass is 258 g/mol. The van der Waals surface area contributed by atoms with Gasteiger partial charge in [-0.1, -0.05) is 0 Å². The Balaban J connectivity index is 3.43. The molecule has 0 aliphatic carbocycles. The predicted molar refractivity (Wildman–Crippen MR) is 52.8 cm³/mol. The molecule has 1 aromatic carbocycles. The van der Waals surface area contributed by atoms with Crippen molar-refractivity contribution < 1.29 is 14.7 Å². The van der Waals surface area contributed by atoms with Gasteiger partial charge in [-0.05, 0) is 28.1 Å². The Bertz CT molecular complexity index is 417. The fourth-order valence-electron chi connectivity index (χ4n) is 0.929. The summed E-state index contributed by atoms with van der Waals surface area (Å²) >= 11 is 2.97. The number of phenols is 1. The molecule has 0 saturated carbocycles. The first-order valence-electron chi connectivity index (χ1n) is 3.55. The molecule has 2 amide bonds. The Morgan fingerprint density at radius 2 is 1.79 bits per heavy atom. The summed E-state index contributed by atoms with van der Waals surface area (Å²) in [5, 5.41) is 9.37. The average molecular weight is 259 g/mol. The highest BCUT2D eigenvalue weighted by Crippen LogP contribution is 2.28. The molecule has 74 valence electrons. The number of hydrogen-bond donors (Lipinski definition) is 3. The Labute approximate surface area is 87.8 Å². The summed E-state index contributed by atoms with van der Waals surface area (Å²) in [5.41, 5.74) is 9.94. The summed E-state index contributed by atoms with van der Waals surface area (Å²) in [6, 6.07) is 2.45. The lowest BCUT2D eigenvalue weighted by Gasteiger charge is -2.04. The van der Waals surface area contributed by atoms with Gasteiger partial charge in [-0.2, -0.15) is 0 Å². The highest BCUT2D eigenvalue weighted by molar-refractivity contribution is 9.10. The topological polar surface area (TPSA) is 106 Å². The summed E-state index contributed by atoms with van der Waals surface area (Å²) < 4.78 is 0.197. The van der Waals surface area contributed by atoms with Gasteiger partial charge in [-0.25, -0.2) is 0 Å². The largest absolute Gasteiger partial charge is 0.506 e. The molecule has 0 fully saturated rings. The summed E-state index contributed by atoms with van der Waals surface area (Å²) in [6.45, 7) is 0. The molecule has 5 N–H and O–H groups in total. The highest BCUT2D eigenvalue weighted by Gasteiger charge is 2.14. The maximum Gasteiger partial charge on any atom is 0.252 e. The van der Waals surface area contributed by atoms with E-state index in [-0.39, 0.29) is 21.3 Å². The zero-order valence-electron chi connectivity index (χ0n) is 6.95. The molecule has 6 heteroatoms. The average Bonchev–Trinajstić information content (AvgIpc) is 2.08. The molecule has 0 aliphatic rings. The number of benzene rings is 1. The first kappa shape index (κ1) is 10.5. The zero-order valence-corrected chi connectivity index (χ0v) is 8.54. The van der Waals surface area contributed by atoms with Crippen molar-refractivity contribution in [3.05, 3.63) is 27.7 Å². The minimum absolute atomic E-state index is 0.100. The van der Waals surface area contributed by atoms with E-state index in [2.05, 4.69) is 15.9 Å². The van der Waals surface area contributed by atoms with Gasteiger partial charge in [0.2, 0.25) is 5.91 Å². The van der Waals surface area contributed by atoms with Crippen LogP contribution in [0.4, 0.5) is 0 Å². The van der Waals surface area contributed by atoms with Crippen LogP contribution in [0.3, 0.4) is 0 Å². The van der Waals surface area contributed by atoms with Crippen LogP contribution in [-0.2, 0) is 0 Å². The van der Waals surface area contributed by atoms with Crippen molar-refractivity contribution in [1.29, 1.82) is 0 Å². The van der Waals surface area contributed by atoms with Crippen LogP contribution >= 0.6 is 15.9 Å². The first-order chi connectivity index (χ1) is 6.43. The summed E-state index contributed by atoms with van der Waals surface area (Å²) in [6.07, 6.45) is 0. The SMILES string of the molecule is NC(=O)c1cc(Br)c(O)c(C(N)=O)c1. The van der Waals surface area contributed by atoms with Gasteiger partial charge in [-0.3, -0.25) is 9.59 Å². The Morgan fingerprint density at radius 3 is 2.21 bits per heavy atom. The third kappa shape index (κ3) is 1.85. The van der Waals surface area contributed by atoms with Gasteiger partial charge >= 0.3 is 0 Å². The van der Waals surface area contributed by atoms with Crippen molar-refractivity contribution in [3.8, 4) is 5.75 Å². The molecule has 14 heavy (non-hydrogen) atoms. The minimum atomic E-state index is -0.827. The normalized spacial score (nSPS) is 9.79. The maximum atomic E-state index is 10.8. The van der Waals surface area contributed by atoms with E-state index in [1.807, 2.05) is 0 Å². The van der Waals surface area contributed by atoms with Gasteiger partial charge in [-0.15, -0.1) is 0 Å². The molecule has 0 radical (unpaired) electrons. The number of rotatable bonds is 2. The number of primary amides is 2. The molecule has 0 saturated heterocycles. The number of nitrogens with two attached hydrogens (primary N) is 2. The molecule has 0 aliphatic heterocycles. The van der Waals surface area contributed by atoms with E-state index in [1.165, 1.54) is 6.07 Å². The predicted octanol–water partition coefficient (Wildman–Crippen LogP) is 0.353. The van der Waals surface area contributed by atoms with E-state index in [0.29, 0.717) is 0 Å². The van der Waals surface area contributed by atoms with E-state index in [0.717, 1.165) is 6.07 Å². The third-order valence-electron chi connectivity index (χ3n) is 1.61.